The van der Waals surface area contributed by atoms with Gasteiger partial charge in [0.2, 0.25) is 0 Å². The Balaban J connectivity index is 2.28. The van der Waals surface area contributed by atoms with Crippen molar-refractivity contribution in [3.63, 3.8) is 0 Å². The van der Waals surface area contributed by atoms with E-state index in [1.54, 1.807) is 0 Å². The van der Waals surface area contributed by atoms with Crippen molar-refractivity contribution in [2.45, 2.75) is 11.4 Å². The van der Waals surface area contributed by atoms with Crippen LogP contribution in [0.1, 0.15) is 11.7 Å². The molecule has 1 aromatic rings. The summed E-state index contributed by atoms with van der Waals surface area (Å²) in [5, 5.41) is 5.74. The molecule has 0 spiro atoms. The van der Waals surface area contributed by atoms with Crippen LogP contribution in [0.3, 0.4) is 0 Å². The molecule has 1 heterocycles. The van der Waals surface area contributed by atoms with Crippen molar-refractivity contribution in [3.05, 3.63) is 34.9 Å². The number of alkyl halides is 2. The van der Waals surface area contributed by atoms with Gasteiger partial charge < -0.3 is 9.84 Å². The highest BCUT2D eigenvalue weighted by atomic mass is 35.5. The van der Waals surface area contributed by atoms with Gasteiger partial charge in [-0.3, -0.25) is 0 Å². The van der Waals surface area contributed by atoms with E-state index in [9.17, 15) is 22.3 Å². The number of aliphatic hydroxyl groups excluding tert-OH is 1. The molecule has 118 valence electrons. The van der Waals surface area contributed by atoms with Crippen LogP contribution in [-0.4, -0.2) is 49.4 Å². The number of rotatable bonds is 4. The predicted octanol–water partition coefficient (Wildman–Crippen LogP) is 1.63. The summed E-state index contributed by atoms with van der Waals surface area (Å²) in [7, 11) is -4.98. The molecule has 0 saturated carbocycles. The minimum atomic E-state index is -4.98. The van der Waals surface area contributed by atoms with Crippen LogP contribution in [0.25, 0.3) is 0 Å². The highest BCUT2D eigenvalue weighted by Crippen LogP contribution is 2.38. The Morgan fingerprint density at radius 1 is 1.24 bits per heavy atom. The minimum Gasteiger partial charge on any atom is -0.381 e. The molecule has 1 unspecified atom stereocenters. The zero-order valence-corrected chi connectivity index (χ0v) is 12.4. The molecule has 9 heteroatoms. The molecule has 0 radical (unpaired) electrons. The molecule has 1 fully saturated rings. The highest BCUT2D eigenvalue weighted by molar-refractivity contribution is 7.90. The number of nitrogens with zero attached hydrogens (tertiary/aromatic N) is 1. The Hall–Kier alpha value is -0.800. The molecule has 1 atom stereocenters. The number of hydrogen-bond donors (Lipinski definition) is 1. The lowest BCUT2D eigenvalue weighted by Gasteiger charge is -2.31. The van der Waals surface area contributed by atoms with Crippen molar-refractivity contribution < 1.29 is 27.0 Å². The number of aliphatic hydroxyl groups is 1. The van der Waals surface area contributed by atoms with Crippen LogP contribution >= 0.6 is 11.6 Å². The first-order valence-corrected chi connectivity index (χ1v) is 7.97. The van der Waals surface area contributed by atoms with Gasteiger partial charge in [0, 0.05) is 18.1 Å². The molecular weight excluding hydrogens is 328 g/mol. The lowest BCUT2D eigenvalue weighted by Crippen LogP contribution is -2.50. The van der Waals surface area contributed by atoms with Crippen molar-refractivity contribution in [1.29, 1.82) is 0 Å². The Morgan fingerprint density at radius 2 is 1.76 bits per heavy atom. The average molecular weight is 342 g/mol. The Labute approximate surface area is 126 Å². The molecule has 0 aromatic heterocycles. The van der Waals surface area contributed by atoms with E-state index in [0.717, 1.165) is 12.1 Å². The van der Waals surface area contributed by atoms with Crippen molar-refractivity contribution >= 4 is 21.6 Å². The third-order valence-corrected chi connectivity index (χ3v) is 5.37. The molecule has 1 aliphatic rings. The normalized spacial score (nSPS) is 19.4. The molecule has 1 aromatic carbocycles. The number of hydrogen-bond acceptors (Lipinski definition) is 4. The van der Waals surface area contributed by atoms with Crippen LogP contribution in [0.15, 0.2) is 24.3 Å². The summed E-state index contributed by atoms with van der Waals surface area (Å²) in [4.78, 5) is 0. The fourth-order valence-electron chi connectivity index (χ4n) is 1.94. The monoisotopic (exact) mass is 341 g/mol. The van der Waals surface area contributed by atoms with Gasteiger partial charge in [-0.15, -0.1) is 0 Å². The minimum absolute atomic E-state index is 0.0480. The fourth-order valence-corrected chi connectivity index (χ4v) is 3.46. The first kappa shape index (κ1) is 16.6. The first-order chi connectivity index (χ1) is 9.76. The zero-order chi connectivity index (χ0) is 15.7. The Morgan fingerprint density at radius 3 is 2.29 bits per heavy atom. The second-order valence-electron chi connectivity index (χ2n) is 4.53. The van der Waals surface area contributed by atoms with Gasteiger partial charge in [-0.25, -0.2) is 8.42 Å². The number of halogens is 3. The molecule has 2 rings (SSSR count). The van der Waals surface area contributed by atoms with Crippen molar-refractivity contribution in [2.24, 2.45) is 0 Å². The first-order valence-electron chi connectivity index (χ1n) is 6.15. The molecular formula is C12H14ClF2NO4S. The third kappa shape index (κ3) is 3.19. The molecule has 5 nitrogen and oxygen atoms in total. The molecule has 0 aliphatic carbocycles. The van der Waals surface area contributed by atoms with Crippen molar-refractivity contribution in [2.75, 3.05) is 26.3 Å². The SMILES string of the molecule is O=S(=O)(N1CCOCC1)C(F)(F)C(O)c1ccc(Cl)cc1. The van der Waals surface area contributed by atoms with E-state index in [1.165, 1.54) is 12.1 Å². The van der Waals surface area contributed by atoms with E-state index in [4.69, 9.17) is 16.3 Å². The van der Waals surface area contributed by atoms with Crippen LogP contribution in [-0.2, 0) is 14.8 Å². The summed E-state index contributed by atoms with van der Waals surface area (Å²) >= 11 is 5.63. The standard InChI is InChI=1S/C12H14ClF2NO4S/c13-10-3-1-9(2-4-10)11(17)12(14,15)21(18,19)16-5-7-20-8-6-16/h1-4,11,17H,5-8H2. The molecule has 1 aliphatic heterocycles. The molecule has 21 heavy (non-hydrogen) atoms. The maximum Gasteiger partial charge on any atom is 0.388 e. The summed E-state index contributed by atoms with van der Waals surface area (Å²) in [5.41, 5.74) is -0.221. The second kappa shape index (κ2) is 6.13. The molecule has 1 saturated heterocycles. The van der Waals surface area contributed by atoms with Crippen LogP contribution in [0.2, 0.25) is 5.02 Å². The van der Waals surface area contributed by atoms with Gasteiger partial charge in [-0.05, 0) is 17.7 Å². The van der Waals surface area contributed by atoms with E-state index in [-0.39, 0.29) is 31.9 Å². The van der Waals surface area contributed by atoms with E-state index in [1.807, 2.05) is 0 Å². The number of benzene rings is 1. The largest absolute Gasteiger partial charge is 0.388 e. The van der Waals surface area contributed by atoms with Gasteiger partial charge in [-0.2, -0.15) is 13.1 Å². The summed E-state index contributed by atoms with van der Waals surface area (Å²) in [6.45, 7) is -0.227. The van der Waals surface area contributed by atoms with Crippen molar-refractivity contribution in [1.82, 2.24) is 4.31 Å². The zero-order valence-electron chi connectivity index (χ0n) is 10.9. The fraction of sp³-hybridized carbons (Fsp3) is 0.500. The van der Waals surface area contributed by atoms with Crippen molar-refractivity contribution in [3.8, 4) is 0 Å². The van der Waals surface area contributed by atoms with E-state index < -0.39 is 21.4 Å². The molecule has 0 amide bonds. The van der Waals surface area contributed by atoms with Crippen LogP contribution < -0.4 is 0 Å². The lowest BCUT2D eigenvalue weighted by atomic mass is 10.1. The van der Waals surface area contributed by atoms with Gasteiger partial charge in [0.15, 0.2) is 6.10 Å². The number of ether oxygens (including phenoxy) is 1. The smallest absolute Gasteiger partial charge is 0.381 e. The summed E-state index contributed by atoms with van der Waals surface area (Å²) in [5.74, 6) is 0. The Bertz CT molecular complexity index is 588. The van der Waals surface area contributed by atoms with Crippen LogP contribution in [0.4, 0.5) is 8.78 Å². The summed E-state index contributed by atoms with van der Waals surface area (Å²) in [6, 6.07) is 4.93. The third-order valence-electron chi connectivity index (χ3n) is 3.16. The number of morpholine rings is 1. The van der Waals surface area contributed by atoms with Gasteiger partial charge in [0.25, 0.3) is 10.0 Å². The van der Waals surface area contributed by atoms with Crippen LogP contribution in [0, 0.1) is 0 Å². The van der Waals surface area contributed by atoms with Gasteiger partial charge in [0.05, 0.1) is 13.2 Å². The summed E-state index contributed by atoms with van der Waals surface area (Å²) in [6.07, 6.45) is -2.47. The Kier molecular flexibility index (Phi) is 4.84. The van der Waals surface area contributed by atoms with E-state index >= 15 is 0 Å². The molecule has 0 bridgehead atoms. The topological polar surface area (TPSA) is 66.8 Å². The van der Waals surface area contributed by atoms with Gasteiger partial charge >= 0.3 is 5.25 Å². The maximum atomic E-state index is 14.2. The van der Waals surface area contributed by atoms with E-state index in [2.05, 4.69) is 0 Å². The van der Waals surface area contributed by atoms with Crippen LogP contribution in [0.5, 0.6) is 0 Å². The van der Waals surface area contributed by atoms with Gasteiger partial charge in [0.1, 0.15) is 0 Å². The average Bonchev–Trinajstić information content (AvgIpc) is 2.48. The number of sulfonamides is 1. The molecule has 1 N–H and O–H groups in total. The highest BCUT2D eigenvalue weighted by Gasteiger charge is 2.55. The second-order valence-corrected chi connectivity index (χ2v) is 6.98. The quantitative estimate of drug-likeness (QED) is 0.904. The lowest BCUT2D eigenvalue weighted by molar-refractivity contribution is -0.0498. The van der Waals surface area contributed by atoms with Gasteiger partial charge in [-0.1, -0.05) is 23.7 Å². The predicted molar refractivity (Wildman–Crippen MR) is 72.7 cm³/mol. The van der Waals surface area contributed by atoms with E-state index in [0.29, 0.717) is 9.33 Å². The summed E-state index contributed by atoms with van der Waals surface area (Å²) < 4.78 is 58.0. The maximum absolute atomic E-state index is 14.2.